The van der Waals surface area contributed by atoms with Gasteiger partial charge in [0, 0.05) is 5.56 Å². The van der Waals surface area contributed by atoms with Gasteiger partial charge in [0.15, 0.2) is 5.71 Å². The van der Waals surface area contributed by atoms with Crippen LogP contribution in [0, 0.1) is 18.3 Å². The number of nitrogens with zero attached hydrogens (tertiary/aromatic N) is 2. The van der Waals surface area contributed by atoms with Crippen LogP contribution in [-0.4, -0.2) is 14.1 Å². The molecular formula is C15H12N2O2S. The molecule has 5 heteroatoms. The van der Waals surface area contributed by atoms with E-state index in [-0.39, 0.29) is 10.6 Å². The molecule has 0 aliphatic heterocycles. The first-order valence-corrected chi connectivity index (χ1v) is 7.34. The zero-order valence-corrected chi connectivity index (χ0v) is 11.6. The lowest BCUT2D eigenvalue weighted by Gasteiger charge is -2.01. The Hall–Kier alpha value is -2.45. The van der Waals surface area contributed by atoms with Gasteiger partial charge in [-0.15, -0.1) is 4.40 Å². The average Bonchev–Trinajstić information content (AvgIpc) is 2.46. The molecule has 0 saturated carbocycles. The van der Waals surface area contributed by atoms with E-state index in [4.69, 9.17) is 5.26 Å². The summed E-state index contributed by atoms with van der Waals surface area (Å²) in [5.41, 5.74) is 1.31. The molecule has 0 atom stereocenters. The quantitative estimate of drug-likeness (QED) is 0.814. The van der Waals surface area contributed by atoms with Crippen molar-refractivity contribution in [2.45, 2.75) is 11.8 Å². The van der Waals surface area contributed by atoms with Crippen molar-refractivity contribution in [2.24, 2.45) is 4.40 Å². The Balaban J connectivity index is 2.47. The number of aryl methyl sites for hydroxylation is 1. The maximum absolute atomic E-state index is 12.1. The molecule has 2 aromatic carbocycles. The molecule has 0 heterocycles. The van der Waals surface area contributed by atoms with Gasteiger partial charge in [0.2, 0.25) is 0 Å². The Bertz CT molecular complexity index is 771. The fourth-order valence-corrected chi connectivity index (χ4v) is 2.59. The lowest BCUT2D eigenvalue weighted by Crippen LogP contribution is -2.04. The van der Waals surface area contributed by atoms with Gasteiger partial charge in [-0.05, 0) is 19.1 Å². The number of benzene rings is 2. The van der Waals surface area contributed by atoms with Crippen LogP contribution in [0.1, 0.15) is 11.1 Å². The third kappa shape index (κ3) is 3.11. The predicted molar refractivity (Wildman–Crippen MR) is 77.0 cm³/mol. The second kappa shape index (κ2) is 5.68. The molecule has 2 rings (SSSR count). The highest BCUT2D eigenvalue weighted by Crippen LogP contribution is 2.14. The molecule has 0 amide bonds. The van der Waals surface area contributed by atoms with Gasteiger partial charge in [0.25, 0.3) is 10.0 Å². The van der Waals surface area contributed by atoms with E-state index < -0.39 is 10.0 Å². The summed E-state index contributed by atoms with van der Waals surface area (Å²) >= 11 is 0. The van der Waals surface area contributed by atoms with Crippen molar-refractivity contribution in [3.8, 4) is 6.07 Å². The van der Waals surface area contributed by atoms with Crippen LogP contribution in [0.3, 0.4) is 0 Å². The summed E-state index contributed by atoms with van der Waals surface area (Å²) in [5.74, 6) is 0. The maximum atomic E-state index is 12.1. The van der Waals surface area contributed by atoms with Gasteiger partial charge in [0.05, 0.1) is 4.90 Å². The highest BCUT2D eigenvalue weighted by Gasteiger charge is 2.15. The maximum Gasteiger partial charge on any atom is 0.283 e. The molecule has 0 radical (unpaired) electrons. The Kier molecular flexibility index (Phi) is 3.97. The van der Waals surface area contributed by atoms with Gasteiger partial charge in [-0.25, -0.2) is 0 Å². The first-order chi connectivity index (χ1) is 9.53. The lowest BCUT2D eigenvalue weighted by atomic mass is 10.1. The average molecular weight is 284 g/mol. The minimum Gasteiger partial charge on any atom is -0.199 e. The van der Waals surface area contributed by atoms with E-state index in [0.717, 1.165) is 5.56 Å². The fraction of sp³-hybridized carbons (Fsp3) is 0.0667. The molecule has 4 nitrogen and oxygen atoms in total. The number of hydrogen-bond acceptors (Lipinski definition) is 3. The third-order valence-electron chi connectivity index (χ3n) is 2.68. The van der Waals surface area contributed by atoms with Crippen molar-refractivity contribution in [2.75, 3.05) is 0 Å². The smallest absolute Gasteiger partial charge is 0.199 e. The molecule has 20 heavy (non-hydrogen) atoms. The van der Waals surface area contributed by atoms with E-state index in [2.05, 4.69) is 4.40 Å². The molecule has 0 unspecified atom stereocenters. The van der Waals surface area contributed by atoms with E-state index in [0.29, 0.717) is 5.56 Å². The van der Waals surface area contributed by atoms with Gasteiger partial charge in [-0.2, -0.15) is 13.7 Å². The first-order valence-electron chi connectivity index (χ1n) is 5.90. The number of hydrogen-bond donors (Lipinski definition) is 0. The zero-order chi connectivity index (χ0) is 14.6. The van der Waals surface area contributed by atoms with Crippen LogP contribution in [0.5, 0.6) is 0 Å². The predicted octanol–water partition coefficient (Wildman–Crippen LogP) is 2.70. The van der Waals surface area contributed by atoms with E-state index in [1.165, 1.54) is 12.1 Å². The van der Waals surface area contributed by atoms with Crippen molar-refractivity contribution in [1.82, 2.24) is 0 Å². The van der Waals surface area contributed by atoms with Crippen molar-refractivity contribution in [3.63, 3.8) is 0 Å². The van der Waals surface area contributed by atoms with Crippen LogP contribution in [-0.2, 0) is 10.0 Å². The molecule has 100 valence electrons. The van der Waals surface area contributed by atoms with Gasteiger partial charge in [-0.1, -0.05) is 48.0 Å². The van der Waals surface area contributed by atoms with Crippen LogP contribution in [0.4, 0.5) is 0 Å². The highest BCUT2D eigenvalue weighted by molar-refractivity contribution is 7.90. The minimum atomic E-state index is -3.87. The van der Waals surface area contributed by atoms with Gasteiger partial charge >= 0.3 is 0 Å². The van der Waals surface area contributed by atoms with E-state index in [1.807, 2.05) is 13.0 Å². The minimum absolute atomic E-state index is 0.0757. The first kappa shape index (κ1) is 14.0. The largest absolute Gasteiger partial charge is 0.283 e. The molecule has 0 N–H and O–H groups in total. The normalized spacial score (nSPS) is 11.9. The fourth-order valence-electron chi connectivity index (χ4n) is 1.62. The van der Waals surface area contributed by atoms with Crippen molar-refractivity contribution >= 4 is 15.7 Å². The molecule has 0 spiro atoms. The molecule has 0 aliphatic carbocycles. The second-order valence-corrected chi connectivity index (χ2v) is 5.81. The summed E-state index contributed by atoms with van der Waals surface area (Å²) in [6, 6.07) is 16.7. The van der Waals surface area contributed by atoms with Crippen molar-refractivity contribution in [3.05, 3.63) is 65.7 Å². The lowest BCUT2D eigenvalue weighted by molar-refractivity contribution is 0.598. The summed E-state index contributed by atoms with van der Waals surface area (Å²) in [5, 5.41) is 9.09. The summed E-state index contributed by atoms with van der Waals surface area (Å²) in [6.45, 7) is 1.87. The molecule has 0 saturated heterocycles. The van der Waals surface area contributed by atoms with Crippen molar-refractivity contribution < 1.29 is 8.42 Å². The van der Waals surface area contributed by atoms with Crippen LogP contribution in [0.15, 0.2) is 63.9 Å². The second-order valence-electron chi connectivity index (χ2n) is 4.21. The molecule has 0 aromatic heterocycles. The SMILES string of the molecule is Cc1ccc(S(=O)(=O)N=C(C#N)c2ccccc2)cc1. The summed E-state index contributed by atoms with van der Waals surface area (Å²) in [7, 11) is -3.87. The summed E-state index contributed by atoms with van der Waals surface area (Å²) < 4.78 is 27.9. The number of sulfonamides is 1. The Morgan fingerprint density at radius 2 is 1.65 bits per heavy atom. The standard InChI is InChI=1S/C15H12N2O2S/c1-12-7-9-14(10-8-12)20(18,19)17-15(11-16)13-5-3-2-4-6-13/h2-10H,1H3. The zero-order valence-electron chi connectivity index (χ0n) is 10.8. The van der Waals surface area contributed by atoms with Crippen LogP contribution in [0.25, 0.3) is 0 Å². The third-order valence-corrected chi connectivity index (χ3v) is 3.97. The Labute approximate surface area is 118 Å². The van der Waals surface area contributed by atoms with Gasteiger partial charge in [0.1, 0.15) is 6.07 Å². The van der Waals surface area contributed by atoms with E-state index in [1.54, 1.807) is 42.5 Å². The highest BCUT2D eigenvalue weighted by atomic mass is 32.2. The monoisotopic (exact) mass is 284 g/mol. The Morgan fingerprint density at radius 1 is 1.05 bits per heavy atom. The van der Waals surface area contributed by atoms with Gasteiger partial charge < -0.3 is 0 Å². The number of nitriles is 1. The van der Waals surface area contributed by atoms with E-state index in [9.17, 15) is 8.42 Å². The van der Waals surface area contributed by atoms with Crippen LogP contribution >= 0.6 is 0 Å². The summed E-state index contributed by atoms with van der Waals surface area (Å²) in [4.78, 5) is 0.0757. The molecule has 0 aliphatic rings. The topological polar surface area (TPSA) is 70.3 Å². The van der Waals surface area contributed by atoms with Crippen molar-refractivity contribution in [1.29, 1.82) is 5.26 Å². The summed E-state index contributed by atoms with van der Waals surface area (Å²) in [6.07, 6.45) is 0. The molecule has 2 aromatic rings. The molecule has 0 fully saturated rings. The molecular weight excluding hydrogens is 272 g/mol. The van der Waals surface area contributed by atoms with Crippen LogP contribution in [0.2, 0.25) is 0 Å². The Morgan fingerprint density at radius 3 is 2.20 bits per heavy atom. The molecule has 0 bridgehead atoms. The van der Waals surface area contributed by atoms with Gasteiger partial charge in [-0.3, -0.25) is 0 Å². The van der Waals surface area contributed by atoms with E-state index >= 15 is 0 Å². The number of rotatable bonds is 3. The van der Waals surface area contributed by atoms with Crippen LogP contribution < -0.4 is 0 Å².